The highest BCUT2D eigenvalue weighted by Gasteiger charge is 2.30. The van der Waals surface area contributed by atoms with E-state index in [9.17, 15) is 4.79 Å². The van der Waals surface area contributed by atoms with Crippen LogP contribution >= 0.6 is 0 Å². The third kappa shape index (κ3) is 4.14. The van der Waals surface area contributed by atoms with Gasteiger partial charge in [0.25, 0.3) is 0 Å². The number of carbonyl (C=O) groups excluding carboxylic acids is 1. The first-order valence-electron chi connectivity index (χ1n) is 11.9. The smallest absolute Gasteiger partial charge is 0.337 e. The third-order valence-corrected chi connectivity index (χ3v) is 7.18. The van der Waals surface area contributed by atoms with Crippen molar-refractivity contribution in [3.8, 4) is 11.1 Å². The van der Waals surface area contributed by atoms with Crippen LogP contribution in [-0.2, 0) is 16.1 Å². The van der Waals surface area contributed by atoms with Crippen LogP contribution in [0.15, 0.2) is 47.9 Å². The molecule has 0 N–H and O–H groups in total. The van der Waals surface area contributed by atoms with Crippen LogP contribution in [0.2, 0.25) is 0 Å². The summed E-state index contributed by atoms with van der Waals surface area (Å²) in [5.74, 6) is 0.501. The van der Waals surface area contributed by atoms with Crippen molar-refractivity contribution in [2.45, 2.75) is 64.5 Å². The van der Waals surface area contributed by atoms with Crippen LogP contribution in [0.1, 0.15) is 67.8 Å². The molecule has 1 fully saturated rings. The predicted octanol–water partition coefficient (Wildman–Crippen LogP) is 5.95. The van der Waals surface area contributed by atoms with Crippen molar-refractivity contribution < 1.29 is 14.4 Å². The quantitative estimate of drug-likeness (QED) is 0.455. The van der Waals surface area contributed by atoms with Crippen molar-refractivity contribution >= 4 is 22.7 Å². The SMILES string of the molecule is COC(=O)c1ccc(-c2cn(CC3CCCCC3)c3cc(C4C(C)=NOC4C)cnc23)cc1. The molecule has 2 aromatic heterocycles. The summed E-state index contributed by atoms with van der Waals surface area (Å²) in [6, 6.07) is 9.86. The molecule has 1 saturated carbocycles. The number of rotatable bonds is 5. The van der Waals surface area contributed by atoms with Gasteiger partial charge < -0.3 is 14.1 Å². The molecule has 0 radical (unpaired) electrons. The molecule has 1 aliphatic heterocycles. The van der Waals surface area contributed by atoms with Gasteiger partial charge in [0.2, 0.25) is 0 Å². The number of aromatic nitrogens is 2. The molecular formula is C27H31N3O3. The zero-order chi connectivity index (χ0) is 22.9. The molecule has 2 aliphatic rings. The number of fused-ring (bicyclic) bond motifs is 1. The molecule has 3 heterocycles. The maximum Gasteiger partial charge on any atom is 0.337 e. The fourth-order valence-corrected chi connectivity index (χ4v) is 5.40. The predicted molar refractivity (Wildman–Crippen MR) is 129 cm³/mol. The Morgan fingerprint density at radius 2 is 1.94 bits per heavy atom. The van der Waals surface area contributed by atoms with E-state index in [1.807, 2.05) is 37.4 Å². The Balaban J connectivity index is 1.57. The molecule has 0 bridgehead atoms. The van der Waals surface area contributed by atoms with Crippen molar-refractivity contribution in [3.05, 3.63) is 53.9 Å². The lowest BCUT2D eigenvalue weighted by Gasteiger charge is -2.22. The second-order valence-corrected chi connectivity index (χ2v) is 9.43. The molecule has 1 aromatic carbocycles. The lowest BCUT2D eigenvalue weighted by Crippen LogP contribution is -2.17. The fraction of sp³-hybridized carbons (Fsp3) is 0.444. The Hall–Kier alpha value is -3.15. The number of oxime groups is 1. The highest BCUT2D eigenvalue weighted by Crippen LogP contribution is 2.36. The molecule has 0 spiro atoms. The van der Waals surface area contributed by atoms with Crippen LogP contribution in [0.4, 0.5) is 0 Å². The minimum Gasteiger partial charge on any atom is -0.465 e. The molecule has 1 aliphatic carbocycles. The number of methoxy groups -OCH3 is 1. The summed E-state index contributed by atoms with van der Waals surface area (Å²) in [6.07, 6.45) is 10.8. The van der Waals surface area contributed by atoms with E-state index >= 15 is 0 Å². The van der Waals surface area contributed by atoms with Gasteiger partial charge >= 0.3 is 5.97 Å². The second kappa shape index (κ2) is 9.00. The molecule has 2 atom stereocenters. The first-order valence-corrected chi connectivity index (χ1v) is 11.9. The summed E-state index contributed by atoms with van der Waals surface area (Å²) in [5.41, 5.74) is 6.96. The van der Waals surface area contributed by atoms with E-state index in [2.05, 4.69) is 28.9 Å². The van der Waals surface area contributed by atoms with Gasteiger partial charge in [0.1, 0.15) is 6.10 Å². The van der Waals surface area contributed by atoms with Gasteiger partial charge in [-0.25, -0.2) is 4.79 Å². The summed E-state index contributed by atoms with van der Waals surface area (Å²) < 4.78 is 7.23. The number of carbonyl (C=O) groups is 1. The average Bonchev–Trinajstić information content (AvgIpc) is 3.38. The van der Waals surface area contributed by atoms with Gasteiger partial charge in [-0.3, -0.25) is 4.98 Å². The Morgan fingerprint density at radius 3 is 2.61 bits per heavy atom. The van der Waals surface area contributed by atoms with Crippen molar-refractivity contribution in [2.75, 3.05) is 7.11 Å². The highest BCUT2D eigenvalue weighted by molar-refractivity contribution is 5.96. The molecule has 0 saturated heterocycles. The number of esters is 1. The molecule has 0 amide bonds. The van der Waals surface area contributed by atoms with E-state index in [1.54, 1.807) is 0 Å². The number of nitrogens with zero attached hydrogens (tertiary/aromatic N) is 3. The Morgan fingerprint density at radius 1 is 1.18 bits per heavy atom. The van der Waals surface area contributed by atoms with Crippen LogP contribution < -0.4 is 0 Å². The molecule has 5 rings (SSSR count). The topological polar surface area (TPSA) is 65.7 Å². The van der Waals surface area contributed by atoms with Crippen LogP contribution in [-0.4, -0.2) is 34.4 Å². The first kappa shape index (κ1) is 21.7. The normalized spacial score (nSPS) is 21.1. The third-order valence-electron chi connectivity index (χ3n) is 7.18. The Bertz CT molecular complexity index is 1190. The lowest BCUT2D eigenvalue weighted by molar-refractivity contribution is 0.0600. The molecule has 6 heteroatoms. The monoisotopic (exact) mass is 445 g/mol. The summed E-state index contributed by atoms with van der Waals surface area (Å²) in [6.45, 7) is 5.09. The second-order valence-electron chi connectivity index (χ2n) is 9.43. The maximum atomic E-state index is 11.9. The zero-order valence-electron chi connectivity index (χ0n) is 19.6. The van der Waals surface area contributed by atoms with Crippen LogP contribution in [0.3, 0.4) is 0 Å². The van der Waals surface area contributed by atoms with Crippen molar-refractivity contribution in [3.63, 3.8) is 0 Å². The average molecular weight is 446 g/mol. The molecule has 33 heavy (non-hydrogen) atoms. The van der Waals surface area contributed by atoms with E-state index in [4.69, 9.17) is 14.6 Å². The number of pyridine rings is 1. The van der Waals surface area contributed by atoms with Crippen molar-refractivity contribution in [1.82, 2.24) is 9.55 Å². The van der Waals surface area contributed by atoms with E-state index in [-0.39, 0.29) is 18.0 Å². The summed E-state index contributed by atoms with van der Waals surface area (Å²) in [7, 11) is 1.40. The number of hydrogen-bond donors (Lipinski definition) is 0. The molecule has 3 aromatic rings. The summed E-state index contributed by atoms with van der Waals surface area (Å²) in [5, 5.41) is 4.20. The minimum atomic E-state index is -0.325. The van der Waals surface area contributed by atoms with E-state index in [0.717, 1.165) is 40.0 Å². The standard InChI is InChI=1S/C27H31N3O3/c1-17-25(18(2)33-29-17)22-13-24-26(28-14-22)23(16-30(24)15-19-7-5-4-6-8-19)20-9-11-21(12-10-20)27(31)32-3/h9-14,16,18-19,25H,4-8,15H2,1-3H3. The van der Waals surface area contributed by atoms with Gasteiger partial charge in [-0.05, 0) is 61.9 Å². The van der Waals surface area contributed by atoms with Gasteiger partial charge in [0, 0.05) is 24.5 Å². The molecule has 2 unspecified atom stereocenters. The Labute approximate surface area is 194 Å². The van der Waals surface area contributed by atoms with Crippen LogP contribution in [0.5, 0.6) is 0 Å². The number of ether oxygens (including phenoxy) is 1. The number of hydrogen-bond acceptors (Lipinski definition) is 5. The summed E-state index contributed by atoms with van der Waals surface area (Å²) in [4.78, 5) is 22.3. The largest absolute Gasteiger partial charge is 0.465 e. The Kier molecular flexibility index (Phi) is 5.92. The molecule has 172 valence electrons. The molecule has 6 nitrogen and oxygen atoms in total. The zero-order valence-corrected chi connectivity index (χ0v) is 19.6. The van der Waals surface area contributed by atoms with Gasteiger partial charge in [-0.1, -0.05) is 36.6 Å². The summed E-state index contributed by atoms with van der Waals surface area (Å²) >= 11 is 0. The fourth-order valence-electron chi connectivity index (χ4n) is 5.40. The molecular weight excluding hydrogens is 414 g/mol. The first-order chi connectivity index (χ1) is 16.0. The van der Waals surface area contributed by atoms with E-state index in [0.29, 0.717) is 11.5 Å². The number of benzene rings is 1. The van der Waals surface area contributed by atoms with Gasteiger partial charge in [0.05, 0.1) is 35.3 Å². The lowest BCUT2D eigenvalue weighted by atomic mass is 9.89. The van der Waals surface area contributed by atoms with Gasteiger partial charge in [0.15, 0.2) is 0 Å². The van der Waals surface area contributed by atoms with Crippen LogP contribution in [0.25, 0.3) is 22.2 Å². The van der Waals surface area contributed by atoms with E-state index < -0.39 is 0 Å². The minimum absolute atomic E-state index is 0.0105. The van der Waals surface area contributed by atoms with Gasteiger partial charge in [-0.15, -0.1) is 0 Å². The van der Waals surface area contributed by atoms with Crippen LogP contribution in [0, 0.1) is 5.92 Å². The van der Waals surface area contributed by atoms with Crippen molar-refractivity contribution in [2.24, 2.45) is 11.1 Å². The van der Waals surface area contributed by atoms with Gasteiger partial charge in [-0.2, -0.15) is 0 Å². The maximum absolute atomic E-state index is 11.9. The van der Waals surface area contributed by atoms with E-state index in [1.165, 1.54) is 39.2 Å². The highest BCUT2D eigenvalue weighted by atomic mass is 16.6. The van der Waals surface area contributed by atoms with Crippen molar-refractivity contribution in [1.29, 1.82) is 0 Å².